The molecule has 1 N–H and O–H groups in total. The van der Waals surface area contributed by atoms with E-state index in [1.807, 2.05) is 0 Å². The van der Waals surface area contributed by atoms with E-state index in [0.717, 1.165) is 15.4 Å². The summed E-state index contributed by atoms with van der Waals surface area (Å²) in [5, 5.41) is 9.02. The second-order valence-electron chi connectivity index (χ2n) is 8.65. The van der Waals surface area contributed by atoms with E-state index < -0.39 is 23.8 Å². The Bertz CT molecular complexity index is 1500. The van der Waals surface area contributed by atoms with Crippen LogP contribution < -0.4 is 14.5 Å². The number of carbonyl (C=O) groups excluding carboxylic acids is 3. The topological polar surface area (TPSA) is 104 Å². The lowest BCUT2D eigenvalue weighted by atomic mass is 10.0. The Morgan fingerprint density at radius 2 is 1.21 bits per heavy atom. The van der Waals surface area contributed by atoms with Gasteiger partial charge in [-0.1, -0.05) is 60.7 Å². The van der Waals surface area contributed by atoms with E-state index in [1.54, 1.807) is 97.1 Å². The maximum atomic E-state index is 13.4. The molecule has 5 rings (SSSR count). The summed E-state index contributed by atoms with van der Waals surface area (Å²) in [4.78, 5) is 53.3. The van der Waals surface area contributed by atoms with Crippen molar-refractivity contribution in [1.82, 2.24) is 0 Å². The third-order valence-corrected chi connectivity index (χ3v) is 6.08. The van der Waals surface area contributed by atoms with Crippen molar-refractivity contribution < 1.29 is 29.0 Å². The highest BCUT2D eigenvalue weighted by molar-refractivity contribution is 6.46. The molecule has 192 valence electrons. The Hall–Kier alpha value is -5.50. The minimum atomic E-state index is -0.995. The Labute approximate surface area is 224 Å². The normalized spacial score (nSPS) is 13.4. The fourth-order valence-corrected chi connectivity index (χ4v) is 4.08. The molecule has 1 fully saturated rings. The van der Waals surface area contributed by atoms with E-state index in [-0.39, 0.29) is 17.7 Å². The highest BCUT2D eigenvalue weighted by Crippen LogP contribution is 2.29. The van der Waals surface area contributed by atoms with Crippen molar-refractivity contribution in [2.45, 2.75) is 6.61 Å². The quantitative estimate of drug-likeness (QED) is 0.254. The fourth-order valence-electron chi connectivity index (χ4n) is 4.08. The number of barbiturate groups is 1. The molecule has 0 atom stereocenters. The molecular weight excluding hydrogens is 496 g/mol. The first-order valence-corrected chi connectivity index (χ1v) is 12.0. The summed E-state index contributed by atoms with van der Waals surface area (Å²) < 4.78 is 5.78. The van der Waals surface area contributed by atoms with Crippen LogP contribution in [0.3, 0.4) is 0 Å². The predicted molar refractivity (Wildman–Crippen MR) is 145 cm³/mol. The highest BCUT2D eigenvalue weighted by Gasteiger charge is 2.43. The van der Waals surface area contributed by atoms with Crippen LogP contribution in [-0.2, 0) is 16.2 Å². The van der Waals surface area contributed by atoms with Crippen LogP contribution >= 0.6 is 0 Å². The smallest absolute Gasteiger partial charge is 0.343 e. The average molecular weight is 519 g/mol. The number of benzene rings is 4. The van der Waals surface area contributed by atoms with Crippen LogP contribution in [-0.4, -0.2) is 28.9 Å². The van der Waals surface area contributed by atoms with Gasteiger partial charge in [0, 0.05) is 0 Å². The van der Waals surface area contributed by atoms with Crippen LogP contribution in [0.2, 0.25) is 0 Å². The number of aromatic carboxylic acids is 1. The SMILES string of the molecule is O=C(O)c1ccc(COc2ccc(C=C3C(=O)N(c4ccccc4)C(=O)N(c4ccccc4)C3=O)cc2)cc1. The standard InChI is InChI=1S/C31H22N2O6/c34-28-27(19-21-13-17-26(18-14-21)39-20-22-11-15-23(16-12-22)30(36)37)29(35)33(25-9-5-2-6-10-25)31(38)32(28)24-7-3-1-4-8-24/h1-19H,20H2,(H,36,37). The Balaban J connectivity index is 1.40. The molecule has 0 aromatic heterocycles. The third-order valence-electron chi connectivity index (χ3n) is 6.08. The molecule has 4 aromatic carbocycles. The molecule has 4 aromatic rings. The Kier molecular flexibility index (Phi) is 7.00. The monoisotopic (exact) mass is 518 g/mol. The van der Waals surface area contributed by atoms with Gasteiger partial charge >= 0.3 is 12.0 Å². The molecule has 0 bridgehead atoms. The number of hydrogen-bond donors (Lipinski definition) is 1. The van der Waals surface area contributed by atoms with Gasteiger partial charge in [0.2, 0.25) is 0 Å². The van der Waals surface area contributed by atoms with E-state index in [2.05, 4.69) is 0 Å². The number of anilines is 2. The number of nitrogens with zero attached hydrogens (tertiary/aromatic N) is 2. The summed E-state index contributed by atoms with van der Waals surface area (Å²) in [6.07, 6.45) is 1.46. The molecule has 0 unspecified atom stereocenters. The summed E-state index contributed by atoms with van der Waals surface area (Å²) in [5.41, 5.74) is 2.12. The largest absolute Gasteiger partial charge is 0.489 e. The van der Waals surface area contributed by atoms with Gasteiger partial charge in [-0.2, -0.15) is 0 Å². The van der Waals surface area contributed by atoms with Crippen molar-refractivity contribution in [3.8, 4) is 5.75 Å². The number of hydrogen-bond acceptors (Lipinski definition) is 5. The maximum absolute atomic E-state index is 13.4. The number of imide groups is 2. The van der Waals surface area contributed by atoms with Crippen LogP contribution in [0.4, 0.5) is 16.2 Å². The summed E-state index contributed by atoms with van der Waals surface area (Å²) >= 11 is 0. The van der Waals surface area contributed by atoms with E-state index in [0.29, 0.717) is 22.7 Å². The number of amides is 4. The first kappa shape index (κ1) is 25.2. The minimum absolute atomic E-state index is 0.158. The second kappa shape index (κ2) is 10.9. The van der Waals surface area contributed by atoms with Crippen LogP contribution in [0.15, 0.2) is 115 Å². The molecule has 1 aliphatic rings. The van der Waals surface area contributed by atoms with Crippen molar-refractivity contribution in [1.29, 1.82) is 0 Å². The molecule has 0 radical (unpaired) electrons. The van der Waals surface area contributed by atoms with E-state index >= 15 is 0 Å². The third kappa shape index (κ3) is 5.30. The number of ether oxygens (including phenoxy) is 1. The molecule has 0 aliphatic carbocycles. The molecule has 1 saturated heterocycles. The Morgan fingerprint density at radius 3 is 1.69 bits per heavy atom. The van der Waals surface area contributed by atoms with Gasteiger partial charge < -0.3 is 9.84 Å². The summed E-state index contributed by atoms with van der Waals surface area (Å²) in [6.45, 7) is 0.234. The number of para-hydroxylation sites is 2. The van der Waals surface area contributed by atoms with E-state index in [4.69, 9.17) is 9.84 Å². The van der Waals surface area contributed by atoms with Crippen LogP contribution in [0.5, 0.6) is 5.75 Å². The van der Waals surface area contributed by atoms with Crippen molar-refractivity contribution in [2.75, 3.05) is 9.80 Å². The van der Waals surface area contributed by atoms with E-state index in [1.165, 1.54) is 18.2 Å². The molecular formula is C31H22N2O6. The van der Waals surface area contributed by atoms with Crippen LogP contribution in [0.1, 0.15) is 21.5 Å². The van der Waals surface area contributed by atoms with Gasteiger partial charge in [-0.05, 0) is 65.7 Å². The van der Waals surface area contributed by atoms with Gasteiger partial charge in [0.15, 0.2) is 0 Å². The lowest BCUT2D eigenvalue weighted by Crippen LogP contribution is -2.57. The average Bonchev–Trinajstić information content (AvgIpc) is 2.96. The van der Waals surface area contributed by atoms with Crippen molar-refractivity contribution in [3.05, 3.63) is 131 Å². The molecule has 0 spiro atoms. The van der Waals surface area contributed by atoms with Crippen LogP contribution in [0, 0.1) is 0 Å². The Morgan fingerprint density at radius 1 is 0.692 bits per heavy atom. The van der Waals surface area contributed by atoms with Gasteiger partial charge in [0.05, 0.1) is 16.9 Å². The second-order valence-corrected chi connectivity index (χ2v) is 8.65. The molecule has 1 heterocycles. The lowest BCUT2D eigenvalue weighted by molar-refractivity contribution is -0.121. The molecule has 39 heavy (non-hydrogen) atoms. The van der Waals surface area contributed by atoms with Gasteiger partial charge in [-0.25, -0.2) is 19.4 Å². The lowest BCUT2D eigenvalue weighted by Gasteiger charge is -2.33. The van der Waals surface area contributed by atoms with Crippen molar-refractivity contribution in [2.24, 2.45) is 0 Å². The summed E-state index contributed by atoms with van der Waals surface area (Å²) in [6, 6.07) is 29.3. The predicted octanol–water partition coefficient (Wildman–Crippen LogP) is 5.55. The van der Waals surface area contributed by atoms with Crippen LogP contribution in [0.25, 0.3) is 6.08 Å². The fraction of sp³-hybridized carbons (Fsp3) is 0.0323. The molecule has 4 amide bonds. The maximum Gasteiger partial charge on any atom is 0.343 e. The zero-order chi connectivity index (χ0) is 27.4. The number of urea groups is 1. The van der Waals surface area contributed by atoms with Gasteiger partial charge in [0.1, 0.15) is 17.9 Å². The number of carboxylic acids is 1. The highest BCUT2D eigenvalue weighted by atomic mass is 16.5. The number of rotatable bonds is 7. The minimum Gasteiger partial charge on any atom is -0.489 e. The van der Waals surface area contributed by atoms with Crippen molar-refractivity contribution >= 4 is 41.3 Å². The van der Waals surface area contributed by atoms with Gasteiger partial charge in [-0.15, -0.1) is 0 Å². The molecule has 1 aliphatic heterocycles. The first-order valence-electron chi connectivity index (χ1n) is 12.0. The van der Waals surface area contributed by atoms with Crippen molar-refractivity contribution in [3.63, 3.8) is 0 Å². The summed E-state index contributed by atoms with van der Waals surface area (Å²) in [5.74, 6) is -1.87. The number of carbonyl (C=O) groups is 4. The summed E-state index contributed by atoms with van der Waals surface area (Å²) in [7, 11) is 0. The zero-order valence-corrected chi connectivity index (χ0v) is 20.6. The van der Waals surface area contributed by atoms with Gasteiger partial charge in [0.25, 0.3) is 11.8 Å². The molecule has 0 saturated carbocycles. The van der Waals surface area contributed by atoms with E-state index in [9.17, 15) is 19.2 Å². The number of carboxylic acid groups (broad SMARTS) is 1. The zero-order valence-electron chi connectivity index (χ0n) is 20.6. The first-order chi connectivity index (χ1) is 18.9. The molecule has 8 nitrogen and oxygen atoms in total. The van der Waals surface area contributed by atoms with Gasteiger partial charge in [-0.3, -0.25) is 9.59 Å². The molecule has 8 heteroatoms.